The quantitative estimate of drug-likeness (QED) is 0.910. The second kappa shape index (κ2) is 5.40. The van der Waals surface area contributed by atoms with Crippen molar-refractivity contribution in [2.45, 2.75) is 69.9 Å². The van der Waals surface area contributed by atoms with Gasteiger partial charge in [-0.2, -0.15) is 0 Å². The molecule has 0 spiro atoms. The fourth-order valence-corrected chi connectivity index (χ4v) is 4.40. The minimum atomic E-state index is 0.130. The third kappa shape index (κ3) is 2.33. The molecule has 2 aliphatic heterocycles. The summed E-state index contributed by atoms with van der Waals surface area (Å²) in [6.45, 7) is 6.14. The Bertz CT molecular complexity index is 510. The van der Waals surface area contributed by atoms with E-state index in [4.69, 9.17) is 9.72 Å². The molecular weight excluding hydrogens is 262 g/mol. The highest BCUT2D eigenvalue weighted by Crippen LogP contribution is 2.39. The number of rotatable bonds is 2. The second-order valence-corrected chi connectivity index (χ2v) is 7.26. The van der Waals surface area contributed by atoms with Gasteiger partial charge in [0.1, 0.15) is 5.82 Å². The van der Waals surface area contributed by atoms with Crippen LogP contribution in [0.4, 0.5) is 0 Å². The van der Waals surface area contributed by atoms with E-state index in [9.17, 15) is 0 Å². The number of imidazole rings is 1. The normalized spacial score (nSPS) is 30.5. The van der Waals surface area contributed by atoms with Crippen molar-refractivity contribution in [3.8, 4) is 0 Å². The second-order valence-electron chi connectivity index (χ2n) is 7.26. The van der Waals surface area contributed by atoms with Crippen LogP contribution in [-0.4, -0.2) is 29.3 Å². The first-order chi connectivity index (χ1) is 10.3. The van der Waals surface area contributed by atoms with E-state index >= 15 is 0 Å². The molecule has 1 aliphatic carbocycles. The largest absolute Gasteiger partial charge is 0.379 e. The minimum Gasteiger partial charge on any atom is -0.379 e. The van der Waals surface area contributed by atoms with Crippen LogP contribution in [0.25, 0.3) is 0 Å². The van der Waals surface area contributed by atoms with Crippen molar-refractivity contribution < 1.29 is 4.74 Å². The Balaban J connectivity index is 1.79. The molecule has 0 aromatic carbocycles. The van der Waals surface area contributed by atoms with E-state index < -0.39 is 0 Å². The standard InChI is InChI=1S/C17H27N3O/c1-17(8-10-21-12-17)20-15-7-9-18-11-14(15)19-16(20)13-5-3-2-4-6-13/h13,18H,2-12H2,1H3. The smallest absolute Gasteiger partial charge is 0.112 e. The number of hydrogen-bond donors (Lipinski definition) is 1. The molecular formula is C17H27N3O. The van der Waals surface area contributed by atoms with Crippen LogP contribution in [0.2, 0.25) is 0 Å². The van der Waals surface area contributed by atoms with Crippen LogP contribution in [0.1, 0.15) is 68.6 Å². The Labute approximate surface area is 127 Å². The van der Waals surface area contributed by atoms with Crippen LogP contribution in [-0.2, 0) is 23.2 Å². The number of hydrogen-bond acceptors (Lipinski definition) is 3. The van der Waals surface area contributed by atoms with Gasteiger partial charge in [0.25, 0.3) is 0 Å². The maximum atomic E-state index is 5.75. The summed E-state index contributed by atoms with van der Waals surface area (Å²) in [6, 6.07) is 0. The SMILES string of the molecule is CC1(n2c(C3CCCCC3)nc3c2CCNC3)CCOC1. The predicted octanol–water partition coefficient (Wildman–Crippen LogP) is 2.71. The third-order valence-corrected chi connectivity index (χ3v) is 5.62. The summed E-state index contributed by atoms with van der Waals surface area (Å²) in [5.74, 6) is 2.04. The summed E-state index contributed by atoms with van der Waals surface area (Å²) in [6.07, 6.45) is 9.02. The van der Waals surface area contributed by atoms with E-state index in [-0.39, 0.29) is 5.54 Å². The molecule has 1 aromatic heterocycles. The molecule has 0 bridgehead atoms. The van der Waals surface area contributed by atoms with Gasteiger partial charge in [-0.3, -0.25) is 0 Å². The molecule has 3 aliphatic rings. The third-order valence-electron chi connectivity index (χ3n) is 5.62. The van der Waals surface area contributed by atoms with E-state index in [1.807, 2.05) is 0 Å². The molecule has 1 saturated heterocycles. The van der Waals surface area contributed by atoms with E-state index in [1.54, 1.807) is 0 Å². The van der Waals surface area contributed by atoms with Gasteiger partial charge >= 0.3 is 0 Å². The molecule has 21 heavy (non-hydrogen) atoms. The number of fused-ring (bicyclic) bond motifs is 1. The molecule has 4 nitrogen and oxygen atoms in total. The van der Waals surface area contributed by atoms with E-state index in [1.165, 1.54) is 49.3 Å². The average molecular weight is 289 g/mol. The molecule has 116 valence electrons. The van der Waals surface area contributed by atoms with Gasteiger partial charge in [-0.1, -0.05) is 19.3 Å². The lowest BCUT2D eigenvalue weighted by molar-refractivity contribution is 0.157. The van der Waals surface area contributed by atoms with Gasteiger partial charge < -0.3 is 14.6 Å². The summed E-state index contributed by atoms with van der Waals surface area (Å²) < 4.78 is 8.37. The number of nitrogens with zero attached hydrogens (tertiary/aromatic N) is 2. The average Bonchev–Trinajstić information content (AvgIpc) is 3.12. The van der Waals surface area contributed by atoms with Gasteiger partial charge in [0.2, 0.25) is 0 Å². The predicted molar refractivity (Wildman–Crippen MR) is 82.5 cm³/mol. The summed E-state index contributed by atoms with van der Waals surface area (Å²) in [5, 5.41) is 3.48. The number of ether oxygens (including phenoxy) is 1. The topological polar surface area (TPSA) is 39.1 Å². The minimum absolute atomic E-state index is 0.130. The maximum Gasteiger partial charge on any atom is 0.112 e. The molecule has 3 heterocycles. The summed E-state index contributed by atoms with van der Waals surface area (Å²) in [4.78, 5) is 5.11. The van der Waals surface area contributed by atoms with Crippen molar-refractivity contribution in [3.63, 3.8) is 0 Å². The summed E-state index contributed by atoms with van der Waals surface area (Å²) in [5.41, 5.74) is 2.92. The molecule has 4 rings (SSSR count). The van der Waals surface area contributed by atoms with Gasteiger partial charge in [-0.15, -0.1) is 0 Å². The lowest BCUT2D eigenvalue weighted by Crippen LogP contribution is -2.36. The van der Waals surface area contributed by atoms with Crippen molar-refractivity contribution in [1.82, 2.24) is 14.9 Å². The van der Waals surface area contributed by atoms with Crippen LogP contribution in [0.5, 0.6) is 0 Å². The highest BCUT2D eigenvalue weighted by Gasteiger charge is 2.38. The molecule has 1 N–H and O–H groups in total. The zero-order valence-corrected chi connectivity index (χ0v) is 13.2. The molecule has 1 unspecified atom stereocenters. The monoisotopic (exact) mass is 289 g/mol. The first kappa shape index (κ1) is 13.8. The van der Waals surface area contributed by atoms with Crippen molar-refractivity contribution in [3.05, 3.63) is 17.2 Å². The zero-order chi connectivity index (χ0) is 14.3. The molecule has 1 aromatic rings. The molecule has 1 saturated carbocycles. The Hall–Kier alpha value is -0.870. The lowest BCUT2D eigenvalue weighted by Gasteiger charge is -2.32. The number of aromatic nitrogens is 2. The number of nitrogens with one attached hydrogen (secondary N) is 1. The Morgan fingerprint density at radius 3 is 2.90 bits per heavy atom. The van der Waals surface area contributed by atoms with Crippen molar-refractivity contribution in [2.24, 2.45) is 0 Å². The van der Waals surface area contributed by atoms with Crippen molar-refractivity contribution in [2.75, 3.05) is 19.8 Å². The Morgan fingerprint density at radius 2 is 2.14 bits per heavy atom. The van der Waals surface area contributed by atoms with Crippen molar-refractivity contribution in [1.29, 1.82) is 0 Å². The lowest BCUT2D eigenvalue weighted by atomic mass is 9.87. The summed E-state index contributed by atoms with van der Waals surface area (Å²) in [7, 11) is 0. The van der Waals surface area contributed by atoms with Gasteiger partial charge in [0.05, 0.1) is 17.8 Å². The fourth-order valence-electron chi connectivity index (χ4n) is 4.40. The highest BCUT2D eigenvalue weighted by atomic mass is 16.5. The fraction of sp³-hybridized carbons (Fsp3) is 0.824. The zero-order valence-electron chi connectivity index (χ0n) is 13.2. The van der Waals surface area contributed by atoms with E-state index in [0.29, 0.717) is 5.92 Å². The van der Waals surface area contributed by atoms with Gasteiger partial charge in [-0.25, -0.2) is 4.98 Å². The van der Waals surface area contributed by atoms with Crippen molar-refractivity contribution >= 4 is 0 Å². The van der Waals surface area contributed by atoms with Gasteiger partial charge in [-0.05, 0) is 26.2 Å². The van der Waals surface area contributed by atoms with Crippen LogP contribution in [0, 0.1) is 0 Å². The summed E-state index contributed by atoms with van der Waals surface area (Å²) >= 11 is 0. The van der Waals surface area contributed by atoms with Crippen LogP contribution >= 0.6 is 0 Å². The molecule has 0 amide bonds. The maximum absolute atomic E-state index is 5.75. The Morgan fingerprint density at radius 1 is 1.29 bits per heavy atom. The van der Waals surface area contributed by atoms with Crippen LogP contribution in [0.15, 0.2) is 0 Å². The van der Waals surface area contributed by atoms with Crippen LogP contribution in [0.3, 0.4) is 0 Å². The molecule has 0 radical (unpaired) electrons. The van der Waals surface area contributed by atoms with Gasteiger partial charge in [0.15, 0.2) is 0 Å². The van der Waals surface area contributed by atoms with E-state index in [0.717, 1.165) is 39.1 Å². The first-order valence-corrected chi connectivity index (χ1v) is 8.67. The first-order valence-electron chi connectivity index (χ1n) is 8.67. The molecule has 1 atom stereocenters. The van der Waals surface area contributed by atoms with Gasteiger partial charge in [0, 0.05) is 37.7 Å². The molecule has 2 fully saturated rings. The highest BCUT2D eigenvalue weighted by molar-refractivity contribution is 5.25. The van der Waals surface area contributed by atoms with E-state index in [2.05, 4.69) is 16.8 Å². The van der Waals surface area contributed by atoms with Crippen LogP contribution < -0.4 is 5.32 Å². The molecule has 4 heteroatoms. The Kier molecular flexibility index (Phi) is 3.54.